The normalized spacial score (nSPS) is 12.0. The van der Waals surface area contributed by atoms with E-state index in [4.69, 9.17) is 28.9 Å². The zero-order valence-electron chi connectivity index (χ0n) is 11.6. The first-order chi connectivity index (χ1) is 10.0. The Balaban J connectivity index is 2.21. The molecule has 0 fully saturated rings. The molecule has 0 heterocycles. The molecule has 5 heteroatoms. The third-order valence-corrected chi connectivity index (χ3v) is 3.75. The Labute approximate surface area is 134 Å². The van der Waals surface area contributed by atoms with E-state index in [2.05, 4.69) is 5.32 Å². The first-order valence-corrected chi connectivity index (χ1v) is 7.38. The molecule has 0 aliphatic carbocycles. The summed E-state index contributed by atoms with van der Waals surface area (Å²) in [6.45, 7) is 1.86. The maximum Gasteiger partial charge on any atom is 0.241 e. The van der Waals surface area contributed by atoms with Gasteiger partial charge in [-0.05, 0) is 41.8 Å². The van der Waals surface area contributed by atoms with Gasteiger partial charge in [-0.2, -0.15) is 0 Å². The van der Waals surface area contributed by atoms with Crippen molar-refractivity contribution in [2.24, 2.45) is 5.73 Å². The Morgan fingerprint density at radius 3 is 2.33 bits per heavy atom. The van der Waals surface area contributed by atoms with Crippen LogP contribution in [0.3, 0.4) is 0 Å². The van der Waals surface area contributed by atoms with Gasteiger partial charge in [-0.1, -0.05) is 48.3 Å². The highest BCUT2D eigenvalue weighted by Gasteiger charge is 2.13. The van der Waals surface area contributed by atoms with Crippen LogP contribution in [-0.2, 0) is 4.79 Å². The molecule has 2 rings (SSSR count). The third kappa shape index (κ3) is 3.97. The minimum absolute atomic E-state index is 0.237. The Morgan fingerprint density at radius 1 is 1.14 bits per heavy atom. The van der Waals surface area contributed by atoms with Crippen molar-refractivity contribution in [2.75, 3.05) is 5.32 Å². The van der Waals surface area contributed by atoms with Gasteiger partial charge in [0.15, 0.2) is 0 Å². The molecule has 2 aromatic rings. The standard InChI is InChI=1S/C16H16Cl2N2O/c1-2-14(19)16(21)20-15-8-5-11(9-13(15)18)10-3-6-12(17)7-4-10/h3-9,14H,2,19H2,1H3,(H,20,21). The van der Waals surface area contributed by atoms with Crippen molar-refractivity contribution in [3.05, 3.63) is 52.5 Å². The van der Waals surface area contributed by atoms with E-state index in [1.54, 1.807) is 12.1 Å². The van der Waals surface area contributed by atoms with E-state index in [1.165, 1.54) is 0 Å². The van der Waals surface area contributed by atoms with Crippen LogP contribution in [-0.4, -0.2) is 11.9 Å². The number of anilines is 1. The second-order valence-corrected chi connectivity index (χ2v) is 5.55. The lowest BCUT2D eigenvalue weighted by Gasteiger charge is -2.12. The fourth-order valence-corrected chi connectivity index (χ4v) is 2.20. The van der Waals surface area contributed by atoms with E-state index in [1.807, 2.05) is 37.3 Å². The Hall–Kier alpha value is -1.55. The fourth-order valence-electron chi connectivity index (χ4n) is 1.85. The van der Waals surface area contributed by atoms with Gasteiger partial charge in [0.05, 0.1) is 16.8 Å². The highest BCUT2D eigenvalue weighted by Crippen LogP contribution is 2.29. The number of amides is 1. The first kappa shape index (κ1) is 15.8. The molecular formula is C16H16Cl2N2O. The van der Waals surface area contributed by atoms with Gasteiger partial charge < -0.3 is 11.1 Å². The molecule has 110 valence electrons. The molecule has 0 bridgehead atoms. The molecule has 0 aliphatic heterocycles. The van der Waals surface area contributed by atoms with Crippen molar-refractivity contribution >= 4 is 34.8 Å². The van der Waals surface area contributed by atoms with Crippen LogP contribution in [0.25, 0.3) is 11.1 Å². The van der Waals surface area contributed by atoms with Crippen LogP contribution in [0.2, 0.25) is 10.0 Å². The van der Waals surface area contributed by atoms with Gasteiger partial charge in [-0.3, -0.25) is 4.79 Å². The molecule has 2 aromatic carbocycles. The summed E-state index contributed by atoms with van der Waals surface area (Å²) in [7, 11) is 0. The lowest BCUT2D eigenvalue weighted by molar-refractivity contribution is -0.117. The molecular weight excluding hydrogens is 307 g/mol. The van der Waals surface area contributed by atoms with Crippen LogP contribution in [0, 0.1) is 0 Å². The number of hydrogen-bond donors (Lipinski definition) is 2. The smallest absolute Gasteiger partial charge is 0.241 e. The highest BCUT2D eigenvalue weighted by atomic mass is 35.5. The zero-order chi connectivity index (χ0) is 15.4. The minimum Gasteiger partial charge on any atom is -0.323 e. The molecule has 0 saturated heterocycles. The summed E-state index contributed by atoms with van der Waals surface area (Å²) in [5, 5.41) is 3.89. The molecule has 0 aromatic heterocycles. The van der Waals surface area contributed by atoms with Gasteiger partial charge in [-0.15, -0.1) is 0 Å². The largest absolute Gasteiger partial charge is 0.323 e. The second kappa shape index (κ2) is 6.94. The monoisotopic (exact) mass is 322 g/mol. The predicted molar refractivity (Wildman–Crippen MR) is 88.8 cm³/mol. The second-order valence-electron chi connectivity index (χ2n) is 4.71. The van der Waals surface area contributed by atoms with E-state index in [9.17, 15) is 4.79 Å². The van der Waals surface area contributed by atoms with E-state index in [0.717, 1.165) is 11.1 Å². The molecule has 0 spiro atoms. The molecule has 3 nitrogen and oxygen atoms in total. The number of carbonyl (C=O) groups excluding carboxylic acids is 1. The van der Waals surface area contributed by atoms with E-state index in [-0.39, 0.29) is 5.91 Å². The van der Waals surface area contributed by atoms with Crippen molar-refractivity contribution in [3.63, 3.8) is 0 Å². The number of nitrogens with two attached hydrogens (primary N) is 1. The molecule has 3 N–H and O–H groups in total. The third-order valence-electron chi connectivity index (χ3n) is 3.18. The van der Waals surface area contributed by atoms with Gasteiger partial charge in [0.1, 0.15) is 0 Å². The lowest BCUT2D eigenvalue weighted by atomic mass is 10.1. The van der Waals surface area contributed by atoms with Crippen LogP contribution < -0.4 is 11.1 Å². The summed E-state index contributed by atoms with van der Waals surface area (Å²) in [5.74, 6) is -0.237. The summed E-state index contributed by atoms with van der Waals surface area (Å²) >= 11 is 12.1. The quantitative estimate of drug-likeness (QED) is 0.879. The van der Waals surface area contributed by atoms with Gasteiger partial charge in [-0.25, -0.2) is 0 Å². The van der Waals surface area contributed by atoms with Gasteiger partial charge in [0.2, 0.25) is 5.91 Å². The Bertz CT molecular complexity index is 641. The van der Waals surface area contributed by atoms with Crippen molar-refractivity contribution < 1.29 is 4.79 Å². The number of rotatable bonds is 4. The molecule has 21 heavy (non-hydrogen) atoms. The lowest BCUT2D eigenvalue weighted by Crippen LogP contribution is -2.34. The predicted octanol–water partition coefficient (Wildman–Crippen LogP) is 4.34. The van der Waals surface area contributed by atoms with Crippen molar-refractivity contribution in [2.45, 2.75) is 19.4 Å². The van der Waals surface area contributed by atoms with Crippen LogP contribution in [0.4, 0.5) is 5.69 Å². The van der Waals surface area contributed by atoms with Gasteiger partial charge in [0.25, 0.3) is 0 Å². The number of hydrogen-bond acceptors (Lipinski definition) is 2. The van der Waals surface area contributed by atoms with Crippen LogP contribution >= 0.6 is 23.2 Å². The topological polar surface area (TPSA) is 55.1 Å². The maximum atomic E-state index is 11.8. The average molecular weight is 323 g/mol. The Kier molecular flexibility index (Phi) is 5.23. The SMILES string of the molecule is CCC(N)C(=O)Nc1ccc(-c2ccc(Cl)cc2)cc1Cl. The maximum absolute atomic E-state index is 11.8. The first-order valence-electron chi connectivity index (χ1n) is 6.63. The molecule has 1 amide bonds. The summed E-state index contributed by atoms with van der Waals surface area (Å²) in [4.78, 5) is 11.8. The number of halogens is 2. The number of benzene rings is 2. The molecule has 0 aliphatic rings. The molecule has 1 atom stereocenters. The van der Waals surface area contributed by atoms with E-state index >= 15 is 0 Å². The van der Waals surface area contributed by atoms with Gasteiger partial charge >= 0.3 is 0 Å². The number of carbonyl (C=O) groups is 1. The van der Waals surface area contributed by atoms with Gasteiger partial charge in [0, 0.05) is 5.02 Å². The minimum atomic E-state index is -0.531. The van der Waals surface area contributed by atoms with E-state index < -0.39 is 6.04 Å². The fraction of sp³-hybridized carbons (Fsp3) is 0.188. The average Bonchev–Trinajstić information content (AvgIpc) is 2.49. The van der Waals surface area contributed by atoms with Crippen molar-refractivity contribution in [1.82, 2.24) is 0 Å². The van der Waals surface area contributed by atoms with Crippen LogP contribution in [0.5, 0.6) is 0 Å². The number of nitrogens with one attached hydrogen (secondary N) is 1. The van der Waals surface area contributed by atoms with Crippen LogP contribution in [0.1, 0.15) is 13.3 Å². The highest BCUT2D eigenvalue weighted by molar-refractivity contribution is 6.34. The zero-order valence-corrected chi connectivity index (χ0v) is 13.1. The molecule has 0 saturated carbocycles. The summed E-state index contributed by atoms with van der Waals surface area (Å²) in [5.41, 5.74) is 8.20. The molecule has 1 unspecified atom stereocenters. The summed E-state index contributed by atoms with van der Waals surface area (Å²) in [6.07, 6.45) is 0.576. The van der Waals surface area contributed by atoms with Crippen LogP contribution in [0.15, 0.2) is 42.5 Å². The summed E-state index contributed by atoms with van der Waals surface area (Å²) < 4.78 is 0. The van der Waals surface area contributed by atoms with E-state index in [0.29, 0.717) is 22.2 Å². The molecule has 0 radical (unpaired) electrons. The summed E-state index contributed by atoms with van der Waals surface area (Å²) in [6, 6.07) is 12.4. The van der Waals surface area contributed by atoms with Crippen molar-refractivity contribution in [1.29, 1.82) is 0 Å². The Morgan fingerprint density at radius 2 is 1.76 bits per heavy atom. The van der Waals surface area contributed by atoms with Crippen molar-refractivity contribution in [3.8, 4) is 11.1 Å².